The molecule has 0 bridgehead atoms. The molecule has 0 unspecified atom stereocenters. The molecule has 12 heteroatoms. The van der Waals surface area contributed by atoms with Crippen LogP contribution < -0.4 is 20.7 Å². The van der Waals surface area contributed by atoms with Gasteiger partial charge in [0.1, 0.15) is 23.0 Å². The van der Waals surface area contributed by atoms with Gasteiger partial charge in [-0.15, -0.1) is 0 Å². The fraction of sp³-hybridized carbons (Fsp3) is 0.421. The Kier molecular flexibility index (Phi) is 7.91. The molecule has 3 aromatic heterocycles. The molecule has 4 aliphatic rings. The van der Waals surface area contributed by atoms with E-state index in [-0.39, 0.29) is 39.4 Å². The zero-order valence-corrected chi connectivity index (χ0v) is 28.9. The second kappa shape index (κ2) is 12.2. The lowest BCUT2D eigenvalue weighted by atomic mass is 9.90. The minimum Gasteiger partial charge on any atom is -0.378 e. The number of amides is 1. The van der Waals surface area contributed by atoms with Crippen LogP contribution in [0.5, 0.6) is 0 Å². The largest absolute Gasteiger partial charge is 0.378 e. The molecule has 0 radical (unpaired) electrons. The first-order valence-electron chi connectivity index (χ1n) is 17.3. The van der Waals surface area contributed by atoms with Crippen LogP contribution in [0.15, 0.2) is 53.6 Å². The fourth-order valence-electron chi connectivity index (χ4n) is 8.18. The van der Waals surface area contributed by atoms with Crippen molar-refractivity contribution in [2.75, 3.05) is 54.5 Å². The van der Waals surface area contributed by atoms with E-state index in [0.29, 0.717) is 48.5 Å². The van der Waals surface area contributed by atoms with Crippen molar-refractivity contribution in [3.8, 4) is 11.1 Å². The fourth-order valence-corrected chi connectivity index (χ4v) is 8.18. The second-order valence-electron chi connectivity index (χ2n) is 14.9. The molecule has 8 rings (SSSR count). The van der Waals surface area contributed by atoms with Gasteiger partial charge in [0, 0.05) is 68.8 Å². The third kappa shape index (κ3) is 5.60. The number of aryl methyl sites for hydroxylation is 1. The highest BCUT2D eigenvalue weighted by Crippen LogP contribution is 2.40. The Bertz CT molecular complexity index is 2070. The van der Waals surface area contributed by atoms with Crippen LogP contribution in [-0.4, -0.2) is 82.7 Å². The third-order valence-electron chi connectivity index (χ3n) is 10.8. The molecule has 2 saturated heterocycles. The number of fused-ring (bicyclic) bond motifs is 3. The first kappa shape index (κ1) is 32.4. The van der Waals surface area contributed by atoms with Crippen molar-refractivity contribution in [2.24, 2.45) is 12.5 Å². The number of aromatic nitrogens is 3. The van der Waals surface area contributed by atoms with Crippen molar-refractivity contribution in [2.45, 2.75) is 52.2 Å². The minimum absolute atomic E-state index is 0.151. The van der Waals surface area contributed by atoms with E-state index < -0.39 is 5.82 Å². The van der Waals surface area contributed by atoms with E-state index in [4.69, 9.17) is 4.74 Å². The van der Waals surface area contributed by atoms with Crippen molar-refractivity contribution in [1.29, 1.82) is 0 Å². The topological polar surface area (TPSA) is 105 Å². The molecule has 0 saturated carbocycles. The number of piperazine rings is 1. The summed E-state index contributed by atoms with van der Waals surface area (Å²) in [6.07, 6.45) is 5.83. The Morgan fingerprint density at radius 1 is 1.04 bits per heavy atom. The highest BCUT2D eigenvalue weighted by Gasteiger charge is 2.38. The first-order chi connectivity index (χ1) is 24.0. The SMILES string of the molecule is C[C@H]1CN(C2COC2)CCN1c1ccc(Nc2cc(-c3cc(F)cc(N4CCn5c(cc6c5CC(C)(C)C6)C4=O)c3C=O)cn(C)c2=O)nc1. The number of carbonyl (C=O) groups excluding carboxylic acids is 2. The maximum Gasteiger partial charge on any atom is 0.274 e. The van der Waals surface area contributed by atoms with Gasteiger partial charge in [-0.25, -0.2) is 9.37 Å². The van der Waals surface area contributed by atoms with Gasteiger partial charge in [-0.1, -0.05) is 13.8 Å². The van der Waals surface area contributed by atoms with E-state index >= 15 is 4.39 Å². The maximum atomic E-state index is 15.4. The normalized spacial score (nSPS) is 20.4. The quantitative estimate of drug-likeness (QED) is 0.282. The van der Waals surface area contributed by atoms with Crippen molar-refractivity contribution in [3.05, 3.63) is 87.5 Å². The molecule has 1 amide bonds. The van der Waals surface area contributed by atoms with Crippen LogP contribution in [0.1, 0.15) is 52.9 Å². The number of anilines is 4. The monoisotopic (exact) mass is 679 g/mol. The van der Waals surface area contributed by atoms with E-state index in [1.165, 1.54) is 32.9 Å². The molecule has 4 aromatic rings. The molecular weight excluding hydrogens is 637 g/mol. The summed E-state index contributed by atoms with van der Waals surface area (Å²) in [7, 11) is 1.61. The average Bonchev–Trinajstić information content (AvgIpc) is 3.55. The van der Waals surface area contributed by atoms with E-state index in [0.717, 1.165) is 51.4 Å². The molecule has 260 valence electrons. The number of ether oxygens (including phenoxy) is 1. The summed E-state index contributed by atoms with van der Waals surface area (Å²) in [5.41, 5.74) is 5.13. The summed E-state index contributed by atoms with van der Waals surface area (Å²) in [5, 5.41) is 3.14. The van der Waals surface area contributed by atoms with Crippen molar-refractivity contribution in [3.63, 3.8) is 0 Å². The molecule has 0 spiro atoms. The smallest absolute Gasteiger partial charge is 0.274 e. The molecule has 1 aromatic carbocycles. The van der Waals surface area contributed by atoms with Crippen LogP contribution in [0.3, 0.4) is 0 Å². The molecule has 11 nitrogen and oxygen atoms in total. The van der Waals surface area contributed by atoms with Crippen LogP contribution in [0, 0.1) is 11.2 Å². The standard InChI is InChI=1S/C38H42FN7O4/c1-23-18-43(28-21-50-22-28)7-8-44(23)27-5-6-35(40-17-27)41-31-11-25(19-42(4)36(31)48)29-13-26(39)14-32(30(29)20-47)46-10-9-45-33(37(46)49)12-24-15-38(2,3)16-34(24)45/h5-6,11-14,17,19-20,23,28H,7-10,15-16,18,21-22H2,1-4H3,(H,40,41)/t23-/m0/s1. The number of halogens is 1. The summed E-state index contributed by atoms with van der Waals surface area (Å²) >= 11 is 0. The number of rotatable bonds is 7. The van der Waals surface area contributed by atoms with E-state index in [9.17, 15) is 14.4 Å². The molecule has 1 N–H and O–H groups in total. The number of benzene rings is 1. The van der Waals surface area contributed by atoms with Gasteiger partial charge in [0.2, 0.25) is 0 Å². The summed E-state index contributed by atoms with van der Waals surface area (Å²) in [6, 6.07) is 10.7. The van der Waals surface area contributed by atoms with Crippen LogP contribution in [0.25, 0.3) is 11.1 Å². The number of nitrogens with zero attached hydrogens (tertiary/aromatic N) is 6. The zero-order chi connectivity index (χ0) is 34.9. The van der Waals surface area contributed by atoms with E-state index in [2.05, 4.69) is 45.4 Å². The van der Waals surface area contributed by atoms with Gasteiger partial charge in [0.25, 0.3) is 11.5 Å². The number of pyridine rings is 2. The third-order valence-corrected chi connectivity index (χ3v) is 10.8. The highest BCUT2D eigenvalue weighted by atomic mass is 19.1. The Balaban J connectivity index is 1.06. The number of aldehydes is 1. The molecule has 3 aliphatic heterocycles. The zero-order valence-electron chi connectivity index (χ0n) is 28.9. The van der Waals surface area contributed by atoms with Gasteiger partial charge < -0.3 is 29.0 Å². The number of carbonyl (C=O) groups is 2. The predicted octanol–water partition coefficient (Wildman–Crippen LogP) is 4.64. The average molecular weight is 680 g/mol. The van der Waals surface area contributed by atoms with Gasteiger partial charge >= 0.3 is 0 Å². The Labute approximate surface area is 290 Å². The Hall–Kier alpha value is -4.81. The first-order valence-corrected chi connectivity index (χ1v) is 17.3. The van der Waals surface area contributed by atoms with Crippen molar-refractivity contribution < 1.29 is 18.7 Å². The van der Waals surface area contributed by atoms with Gasteiger partial charge in [-0.05, 0) is 72.7 Å². The van der Waals surface area contributed by atoms with Gasteiger partial charge in [0.15, 0.2) is 6.29 Å². The minimum atomic E-state index is -0.588. The summed E-state index contributed by atoms with van der Waals surface area (Å²) in [5.74, 6) is -0.367. The van der Waals surface area contributed by atoms with Crippen molar-refractivity contribution in [1.82, 2.24) is 19.0 Å². The lowest BCUT2D eigenvalue weighted by Crippen LogP contribution is -2.59. The van der Waals surface area contributed by atoms with Gasteiger partial charge in [0.05, 0.1) is 36.8 Å². The molecule has 1 atom stereocenters. The Morgan fingerprint density at radius 3 is 2.56 bits per heavy atom. The molecule has 1 aliphatic carbocycles. The summed E-state index contributed by atoms with van der Waals surface area (Å²) in [4.78, 5) is 50.8. The van der Waals surface area contributed by atoms with E-state index in [1.807, 2.05) is 18.2 Å². The van der Waals surface area contributed by atoms with E-state index in [1.54, 1.807) is 25.5 Å². The lowest BCUT2D eigenvalue weighted by Gasteiger charge is -2.46. The highest BCUT2D eigenvalue weighted by molar-refractivity contribution is 6.09. The number of nitrogens with one attached hydrogen (secondary N) is 1. The van der Waals surface area contributed by atoms with Gasteiger partial charge in [-0.3, -0.25) is 19.3 Å². The summed E-state index contributed by atoms with van der Waals surface area (Å²) in [6.45, 7) is 12.0. The van der Waals surface area contributed by atoms with Crippen molar-refractivity contribution >= 4 is 35.1 Å². The van der Waals surface area contributed by atoms with Crippen LogP contribution >= 0.6 is 0 Å². The van der Waals surface area contributed by atoms with Crippen LogP contribution in [-0.2, 0) is 31.2 Å². The molecule has 50 heavy (non-hydrogen) atoms. The lowest BCUT2D eigenvalue weighted by molar-refractivity contribution is -0.0691. The summed E-state index contributed by atoms with van der Waals surface area (Å²) < 4.78 is 24.2. The number of hydrogen-bond acceptors (Lipinski definition) is 8. The second-order valence-corrected chi connectivity index (χ2v) is 14.9. The van der Waals surface area contributed by atoms with Crippen LogP contribution in [0.4, 0.5) is 27.3 Å². The predicted molar refractivity (Wildman–Crippen MR) is 190 cm³/mol. The molecule has 6 heterocycles. The van der Waals surface area contributed by atoms with Gasteiger partial charge in [-0.2, -0.15) is 0 Å². The molecule has 2 fully saturated rings. The Morgan fingerprint density at radius 2 is 1.86 bits per heavy atom. The molecular formula is C38H42FN7O4. The number of hydrogen-bond donors (Lipinski definition) is 1. The maximum absolute atomic E-state index is 15.4. The van der Waals surface area contributed by atoms with Crippen LogP contribution in [0.2, 0.25) is 0 Å².